The molecule has 0 N–H and O–H groups in total. The van der Waals surface area contributed by atoms with E-state index in [1.807, 2.05) is 45.9 Å². The van der Waals surface area contributed by atoms with Gasteiger partial charge < -0.3 is 9.31 Å². The van der Waals surface area contributed by atoms with Gasteiger partial charge in [0, 0.05) is 9.03 Å². The van der Waals surface area contributed by atoms with Crippen molar-refractivity contribution in [3.63, 3.8) is 0 Å². The van der Waals surface area contributed by atoms with E-state index in [1.165, 1.54) is 0 Å². The summed E-state index contributed by atoms with van der Waals surface area (Å²) < 4.78 is 13.0. The van der Waals surface area contributed by atoms with Gasteiger partial charge in [-0.25, -0.2) is 0 Å². The maximum absolute atomic E-state index is 9.17. The van der Waals surface area contributed by atoms with E-state index in [4.69, 9.17) is 14.6 Å². The Morgan fingerprint density at radius 1 is 1.17 bits per heavy atom. The van der Waals surface area contributed by atoms with Crippen molar-refractivity contribution in [1.82, 2.24) is 0 Å². The summed E-state index contributed by atoms with van der Waals surface area (Å²) in [6.45, 7) is 8.03. The third kappa shape index (κ3) is 2.29. The fraction of sp³-hybridized carbons (Fsp3) is 0.462. The van der Waals surface area contributed by atoms with Crippen LogP contribution in [0.2, 0.25) is 0 Å². The van der Waals surface area contributed by atoms with Crippen LogP contribution in [-0.2, 0) is 9.31 Å². The molecule has 0 bridgehead atoms. The number of nitriles is 1. The normalized spacial score (nSPS) is 20.8. The largest absolute Gasteiger partial charge is 0.496 e. The van der Waals surface area contributed by atoms with Crippen LogP contribution in [0.3, 0.4) is 0 Å². The summed E-state index contributed by atoms with van der Waals surface area (Å²) in [6.07, 6.45) is 0. The molecule has 1 saturated heterocycles. The molecule has 1 heterocycles. The van der Waals surface area contributed by atoms with E-state index in [0.29, 0.717) is 5.56 Å². The lowest BCUT2D eigenvalue weighted by molar-refractivity contribution is 0.00578. The number of hydrogen-bond acceptors (Lipinski definition) is 3. The van der Waals surface area contributed by atoms with Crippen LogP contribution in [0.15, 0.2) is 18.2 Å². The Kier molecular flexibility index (Phi) is 3.47. The highest BCUT2D eigenvalue weighted by Crippen LogP contribution is 2.36. The highest BCUT2D eigenvalue weighted by Gasteiger charge is 2.52. The highest BCUT2D eigenvalue weighted by atomic mass is 127. The van der Waals surface area contributed by atoms with Gasteiger partial charge >= 0.3 is 7.12 Å². The van der Waals surface area contributed by atoms with Crippen LogP contribution in [0.1, 0.15) is 33.3 Å². The van der Waals surface area contributed by atoms with Crippen LogP contribution in [0.25, 0.3) is 0 Å². The van der Waals surface area contributed by atoms with Crippen molar-refractivity contribution >= 4 is 35.2 Å². The lowest BCUT2D eigenvalue weighted by atomic mass is 9.76. The molecule has 1 aliphatic rings. The van der Waals surface area contributed by atoms with Gasteiger partial charge in [-0.15, -0.1) is 0 Å². The Hall–Kier alpha value is -0.575. The van der Waals surface area contributed by atoms with Crippen LogP contribution >= 0.6 is 22.6 Å². The molecular formula is C13H15BINO2. The summed E-state index contributed by atoms with van der Waals surface area (Å²) in [6, 6.07) is 7.85. The van der Waals surface area contributed by atoms with Gasteiger partial charge in [-0.3, -0.25) is 0 Å². The summed E-state index contributed by atoms with van der Waals surface area (Å²) >= 11 is 2.22. The number of halogens is 1. The van der Waals surface area contributed by atoms with Gasteiger partial charge in [-0.05, 0) is 68.5 Å². The maximum Gasteiger partial charge on any atom is 0.496 e. The number of benzene rings is 1. The van der Waals surface area contributed by atoms with Crippen LogP contribution in [0.4, 0.5) is 0 Å². The first-order chi connectivity index (χ1) is 8.27. The van der Waals surface area contributed by atoms with E-state index in [9.17, 15) is 0 Å². The van der Waals surface area contributed by atoms with Gasteiger partial charge in [0.2, 0.25) is 0 Å². The summed E-state index contributed by atoms with van der Waals surface area (Å²) in [5, 5.41) is 9.17. The van der Waals surface area contributed by atoms with Crippen molar-refractivity contribution in [2.24, 2.45) is 0 Å². The summed E-state index contributed by atoms with van der Waals surface area (Å²) in [5.41, 5.74) is 0.647. The second-order valence-electron chi connectivity index (χ2n) is 5.43. The number of rotatable bonds is 1. The third-order valence-electron chi connectivity index (χ3n) is 3.64. The van der Waals surface area contributed by atoms with Gasteiger partial charge in [0.15, 0.2) is 0 Å². The molecule has 1 aromatic rings. The lowest BCUT2D eigenvalue weighted by Crippen LogP contribution is -2.41. The molecule has 2 rings (SSSR count). The predicted octanol–water partition coefficient (Wildman–Crippen LogP) is 2.46. The molecule has 0 aliphatic carbocycles. The smallest absolute Gasteiger partial charge is 0.399 e. The molecule has 1 aromatic carbocycles. The molecule has 3 nitrogen and oxygen atoms in total. The summed E-state index contributed by atoms with van der Waals surface area (Å²) in [4.78, 5) is 0. The minimum absolute atomic E-state index is 0.383. The molecule has 0 radical (unpaired) electrons. The molecule has 94 valence electrons. The van der Waals surface area contributed by atoms with Crippen LogP contribution in [-0.4, -0.2) is 18.3 Å². The van der Waals surface area contributed by atoms with Gasteiger partial charge in [-0.2, -0.15) is 5.26 Å². The van der Waals surface area contributed by atoms with Gasteiger partial charge in [0.05, 0.1) is 22.8 Å². The Labute approximate surface area is 122 Å². The van der Waals surface area contributed by atoms with E-state index in [2.05, 4.69) is 28.7 Å². The van der Waals surface area contributed by atoms with E-state index in [-0.39, 0.29) is 11.2 Å². The quantitative estimate of drug-likeness (QED) is 0.574. The summed E-state index contributed by atoms with van der Waals surface area (Å²) in [5.74, 6) is 0. The second-order valence-corrected chi connectivity index (χ2v) is 6.68. The molecule has 5 heteroatoms. The fourth-order valence-corrected chi connectivity index (χ4v) is 2.32. The Balaban J connectivity index is 2.41. The van der Waals surface area contributed by atoms with Crippen molar-refractivity contribution in [3.8, 4) is 6.07 Å². The molecule has 0 amide bonds. The average molecular weight is 355 g/mol. The zero-order valence-electron chi connectivity index (χ0n) is 11.0. The molecule has 0 atom stereocenters. The number of hydrogen-bond donors (Lipinski definition) is 0. The van der Waals surface area contributed by atoms with Crippen LogP contribution < -0.4 is 5.46 Å². The molecule has 0 aromatic heterocycles. The Morgan fingerprint density at radius 3 is 2.22 bits per heavy atom. The first-order valence-electron chi connectivity index (χ1n) is 5.82. The van der Waals surface area contributed by atoms with E-state index >= 15 is 0 Å². The maximum atomic E-state index is 9.17. The SMILES string of the molecule is CC1(C)OB(c2cc(I)ccc2C#N)OC1(C)C. The zero-order chi connectivity index (χ0) is 13.6. The topological polar surface area (TPSA) is 42.2 Å². The molecule has 1 aliphatic heterocycles. The van der Waals surface area contributed by atoms with Crippen molar-refractivity contribution < 1.29 is 9.31 Å². The second kappa shape index (κ2) is 4.51. The van der Waals surface area contributed by atoms with Crippen LogP contribution in [0, 0.1) is 14.9 Å². The molecule has 0 unspecified atom stereocenters. The Morgan fingerprint density at radius 2 is 1.72 bits per heavy atom. The molecule has 18 heavy (non-hydrogen) atoms. The van der Waals surface area contributed by atoms with Crippen molar-refractivity contribution in [2.45, 2.75) is 38.9 Å². The van der Waals surface area contributed by atoms with Gasteiger partial charge in [0.25, 0.3) is 0 Å². The standard InChI is InChI=1S/C13H15BINO2/c1-12(2)13(3,4)18-14(17-12)11-7-10(15)6-5-9(11)8-16/h5-7H,1-4H3. The Bertz CT molecular complexity index is 506. The van der Waals surface area contributed by atoms with Gasteiger partial charge in [-0.1, -0.05) is 0 Å². The van der Waals surface area contributed by atoms with Crippen LogP contribution in [0.5, 0.6) is 0 Å². The van der Waals surface area contributed by atoms with Gasteiger partial charge in [0.1, 0.15) is 0 Å². The zero-order valence-corrected chi connectivity index (χ0v) is 13.1. The molecule has 0 saturated carbocycles. The van der Waals surface area contributed by atoms with Crippen molar-refractivity contribution in [1.29, 1.82) is 5.26 Å². The van der Waals surface area contributed by atoms with E-state index in [0.717, 1.165) is 9.03 Å². The third-order valence-corrected chi connectivity index (χ3v) is 4.31. The summed E-state index contributed by atoms with van der Waals surface area (Å²) in [7, 11) is -0.473. The monoisotopic (exact) mass is 355 g/mol. The predicted molar refractivity (Wildman–Crippen MR) is 79.6 cm³/mol. The minimum atomic E-state index is -0.473. The molecule has 1 fully saturated rings. The lowest BCUT2D eigenvalue weighted by Gasteiger charge is -2.32. The number of nitrogens with zero attached hydrogens (tertiary/aromatic N) is 1. The average Bonchev–Trinajstić information content (AvgIpc) is 2.48. The fourth-order valence-electron chi connectivity index (χ4n) is 1.80. The van der Waals surface area contributed by atoms with E-state index in [1.54, 1.807) is 0 Å². The first kappa shape index (κ1) is 13.8. The highest BCUT2D eigenvalue weighted by molar-refractivity contribution is 14.1. The molecule has 0 spiro atoms. The van der Waals surface area contributed by atoms with Crippen molar-refractivity contribution in [2.75, 3.05) is 0 Å². The molecular weight excluding hydrogens is 340 g/mol. The first-order valence-corrected chi connectivity index (χ1v) is 6.90. The minimum Gasteiger partial charge on any atom is -0.399 e. The van der Waals surface area contributed by atoms with Crippen molar-refractivity contribution in [3.05, 3.63) is 27.3 Å². The van der Waals surface area contributed by atoms with E-state index < -0.39 is 7.12 Å².